The number of hydrogen-bond acceptors (Lipinski definition) is 3. The fourth-order valence-corrected chi connectivity index (χ4v) is 2.99. The summed E-state index contributed by atoms with van der Waals surface area (Å²) >= 11 is 0. The van der Waals surface area contributed by atoms with Crippen molar-refractivity contribution in [2.24, 2.45) is 0 Å². The summed E-state index contributed by atoms with van der Waals surface area (Å²) in [6.07, 6.45) is 30.6. The molecule has 0 spiro atoms. The number of rotatable bonds is 17. The molecule has 1 aromatic heterocycles. The van der Waals surface area contributed by atoms with Crippen LogP contribution in [-0.2, 0) is 4.79 Å². The molecule has 0 aromatic carbocycles. The van der Waals surface area contributed by atoms with Crippen molar-refractivity contribution in [3.8, 4) is 0 Å². The quantitative estimate of drug-likeness (QED) is 0.221. The van der Waals surface area contributed by atoms with Gasteiger partial charge in [-0.3, -0.25) is 14.6 Å². The van der Waals surface area contributed by atoms with Crippen LogP contribution < -0.4 is 5.32 Å². The number of carbonyl (C=O) groups excluding carboxylic acids is 2. The lowest BCUT2D eigenvalue weighted by molar-refractivity contribution is -0.121. The minimum Gasteiger partial charge on any atom is -0.354 e. The summed E-state index contributed by atoms with van der Waals surface area (Å²) < 4.78 is 0. The van der Waals surface area contributed by atoms with E-state index in [2.05, 4.69) is 78.0 Å². The number of likely N-dealkylation sites (N-methyl/N-ethyl adjacent to an activating group) is 1. The van der Waals surface area contributed by atoms with Crippen molar-refractivity contribution in [1.29, 1.82) is 0 Å². The normalized spacial score (nSPS) is 12.1. The zero-order valence-electron chi connectivity index (χ0n) is 20.9. The molecule has 1 aromatic rings. The lowest BCUT2D eigenvalue weighted by Gasteiger charge is -2.16. The molecule has 0 aliphatic rings. The number of pyridine rings is 1. The molecule has 0 aliphatic heterocycles. The zero-order chi connectivity index (χ0) is 24.7. The Morgan fingerprint density at radius 3 is 2.03 bits per heavy atom. The predicted octanol–water partition coefficient (Wildman–Crippen LogP) is 6.19. The molecule has 0 fully saturated rings. The van der Waals surface area contributed by atoms with Gasteiger partial charge in [-0.15, -0.1) is 0 Å². The van der Waals surface area contributed by atoms with E-state index in [-0.39, 0.29) is 11.8 Å². The summed E-state index contributed by atoms with van der Waals surface area (Å²) in [6, 6.07) is 5.25. The summed E-state index contributed by atoms with van der Waals surface area (Å²) in [6.45, 7) is 3.04. The fraction of sp³-hybridized carbons (Fsp3) is 0.414. The molecule has 0 atom stereocenters. The van der Waals surface area contributed by atoms with E-state index in [1.165, 1.54) is 0 Å². The first-order chi connectivity index (χ1) is 16.6. The minimum absolute atomic E-state index is 0.0195. The van der Waals surface area contributed by atoms with Crippen LogP contribution in [0.1, 0.15) is 68.8 Å². The molecular formula is C29H41N3O2. The van der Waals surface area contributed by atoms with Gasteiger partial charge in [0.1, 0.15) is 5.69 Å². The van der Waals surface area contributed by atoms with Crippen LogP contribution in [0.15, 0.2) is 85.2 Å². The number of hydrogen-bond donors (Lipinski definition) is 1. The molecule has 0 radical (unpaired) electrons. The van der Waals surface area contributed by atoms with Crippen LogP contribution in [0.4, 0.5) is 0 Å². The average Bonchev–Trinajstić information content (AvgIpc) is 2.86. The number of aromatic nitrogens is 1. The van der Waals surface area contributed by atoms with E-state index in [9.17, 15) is 9.59 Å². The van der Waals surface area contributed by atoms with Gasteiger partial charge in [-0.1, -0.05) is 73.8 Å². The Balaban J connectivity index is 2.00. The molecule has 1 heterocycles. The Morgan fingerprint density at radius 2 is 1.47 bits per heavy atom. The van der Waals surface area contributed by atoms with Crippen LogP contribution in [0.2, 0.25) is 0 Å². The first kappa shape index (κ1) is 28.8. The van der Waals surface area contributed by atoms with E-state index in [1.807, 2.05) is 0 Å². The lowest BCUT2D eigenvalue weighted by Crippen LogP contribution is -2.36. The highest BCUT2D eigenvalue weighted by Gasteiger charge is 2.12. The zero-order valence-corrected chi connectivity index (χ0v) is 20.9. The van der Waals surface area contributed by atoms with E-state index in [1.54, 1.807) is 36.3 Å². The van der Waals surface area contributed by atoms with Crippen LogP contribution in [0.25, 0.3) is 0 Å². The molecule has 1 rings (SSSR count). The fourth-order valence-electron chi connectivity index (χ4n) is 2.99. The third-order valence-electron chi connectivity index (χ3n) is 4.93. The van der Waals surface area contributed by atoms with Crippen LogP contribution >= 0.6 is 0 Å². The summed E-state index contributed by atoms with van der Waals surface area (Å²) in [7, 11) is 1.71. The van der Waals surface area contributed by atoms with Gasteiger partial charge in [0.05, 0.1) is 0 Å². The maximum absolute atomic E-state index is 12.2. The maximum Gasteiger partial charge on any atom is 0.272 e. The van der Waals surface area contributed by atoms with Gasteiger partial charge < -0.3 is 10.2 Å². The third kappa shape index (κ3) is 15.6. The van der Waals surface area contributed by atoms with Crippen molar-refractivity contribution < 1.29 is 9.59 Å². The molecule has 0 bridgehead atoms. The predicted molar refractivity (Wildman–Crippen MR) is 143 cm³/mol. The second-order valence-electron chi connectivity index (χ2n) is 7.89. The second kappa shape index (κ2) is 20.4. The standard InChI is InChI=1S/C29H41N3O2/c1-3-4-5-6-7-8-9-10-11-12-13-14-15-16-17-18-19-23-28(33)31-25-26-32(2)29(34)27-22-20-21-24-30-27/h4-5,7-8,10-11,13-14,16-17,20-22,24H,3,6,9,12,15,18-19,23,25-26H2,1-2H3,(H,31,33)/b5-4-,8-7-,11-10-,14-13-,17-16-. The number of unbranched alkanes of at least 4 members (excludes halogenated alkanes) is 1. The van der Waals surface area contributed by atoms with Gasteiger partial charge in [0.15, 0.2) is 0 Å². The molecule has 0 saturated carbocycles. The van der Waals surface area contributed by atoms with Crippen LogP contribution in [0, 0.1) is 0 Å². The summed E-state index contributed by atoms with van der Waals surface area (Å²) in [4.78, 5) is 29.8. The van der Waals surface area contributed by atoms with Gasteiger partial charge in [-0.2, -0.15) is 0 Å². The van der Waals surface area contributed by atoms with E-state index in [0.717, 1.165) is 44.9 Å². The van der Waals surface area contributed by atoms with Gasteiger partial charge in [0.25, 0.3) is 5.91 Å². The van der Waals surface area contributed by atoms with Crippen LogP contribution in [0.3, 0.4) is 0 Å². The molecule has 184 valence electrons. The first-order valence-corrected chi connectivity index (χ1v) is 12.3. The van der Waals surface area contributed by atoms with Crippen molar-refractivity contribution in [1.82, 2.24) is 15.2 Å². The topological polar surface area (TPSA) is 62.3 Å². The highest BCUT2D eigenvalue weighted by atomic mass is 16.2. The molecule has 0 aliphatic carbocycles. The SMILES string of the molecule is CC/C=C\C/C=C\C/C=C\C/C=C\C/C=C\CCCC(=O)NCCN(C)C(=O)c1ccccn1. The van der Waals surface area contributed by atoms with Crippen LogP contribution in [-0.4, -0.2) is 41.8 Å². The summed E-state index contributed by atoms with van der Waals surface area (Å²) in [5, 5.41) is 2.87. The maximum atomic E-state index is 12.2. The van der Waals surface area contributed by atoms with Crippen molar-refractivity contribution in [3.05, 3.63) is 90.9 Å². The monoisotopic (exact) mass is 463 g/mol. The van der Waals surface area contributed by atoms with E-state index < -0.39 is 0 Å². The number of nitrogens with one attached hydrogen (secondary N) is 1. The third-order valence-corrected chi connectivity index (χ3v) is 4.93. The van der Waals surface area contributed by atoms with Crippen molar-refractivity contribution in [2.75, 3.05) is 20.1 Å². The van der Waals surface area contributed by atoms with E-state index in [0.29, 0.717) is 25.2 Å². The molecule has 2 amide bonds. The highest BCUT2D eigenvalue weighted by molar-refractivity contribution is 5.92. The Labute approximate surface area is 206 Å². The van der Waals surface area contributed by atoms with Crippen molar-refractivity contribution in [2.45, 2.75) is 58.3 Å². The number of amides is 2. The average molecular weight is 464 g/mol. The molecule has 0 unspecified atom stereocenters. The smallest absolute Gasteiger partial charge is 0.272 e. The molecule has 1 N–H and O–H groups in total. The Bertz CT molecular complexity index is 823. The molecule has 5 heteroatoms. The van der Waals surface area contributed by atoms with Gasteiger partial charge in [-0.25, -0.2) is 0 Å². The summed E-state index contributed by atoms with van der Waals surface area (Å²) in [5.41, 5.74) is 0.411. The lowest BCUT2D eigenvalue weighted by atomic mass is 10.2. The molecule has 5 nitrogen and oxygen atoms in total. The second-order valence-corrected chi connectivity index (χ2v) is 7.89. The Morgan fingerprint density at radius 1 is 0.882 bits per heavy atom. The van der Waals surface area contributed by atoms with Gasteiger partial charge >= 0.3 is 0 Å². The highest BCUT2D eigenvalue weighted by Crippen LogP contribution is 2.01. The number of nitrogens with zero attached hydrogens (tertiary/aromatic N) is 2. The van der Waals surface area contributed by atoms with Gasteiger partial charge in [0.2, 0.25) is 5.91 Å². The van der Waals surface area contributed by atoms with Gasteiger partial charge in [0, 0.05) is 32.8 Å². The van der Waals surface area contributed by atoms with Crippen molar-refractivity contribution >= 4 is 11.8 Å². The van der Waals surface area contributed by atoms with Gasteiger partial charge in [-0.05, 0) is 57.1 Å². The number of carbonyl (C=O) groups is 2. The molecule has 0 saturated heterocycles. The first-order valence-electron chi connectivity index (χ1n) is 12.3. The summed E-state index contributed by atoms with van der Waals surface area (Å²) in [5.74, 6) is -0.126. The largest absolute Gasteiger partial charge is 0.354 e. The Kier molecular flexibility index (Phi) is 17.3. The minimum atomic E-state index is -0.145. The van der Waals surface area contributed by atoms with Crippen LogP contribution in [0.5, 0.6) is 0 Å². The Hall–Kier alpha value is -3.21. The van der Waals surface area contributed by atoms with E-state index in [4.69, 9.17) is 0 Å². The van der Waals surface area contributed by atoms with Crippen molar-refractivity contribution in [3.63, 3.8) is 0 Å². The van der Waals surface area contributed by atoms with E-state index >= 15 is 0 Å². The molecular weight excluding hydrogens is 422 g/mol. The number of allylic oxidation sites excluding steroid dienone is 10. The molecule has 34 heavy (non-hydrogen) atoms.